The number of aliphatic imine (C=N–C) groups is 1. The van der Waals surface area contributed by atoms with Crippen molar-refractivity contribution in [1.29, 1.82) is 0 Å². The number of hydrazine groups is 1. The summed E-state index contributed by atoms with van der Waals surface area (Å²) in [6.45, 7) is 7.83. The van der Waals surface area contributed by atoms with Gasteiger partial charge in [-0.25, -0.2) is 4.79 Å². The molecule has 114 valence electrons. The summed E-state index contributed by atoms with van der Waals surface area (Å²) in [6.07, 6.45) is 3.68. The van der Waals surface area contributed by atoms with Gasteiger partial charge in [0.1, 0.15) is 12.5 Å². The Morgan fingerprint density at radius 1 is 1.24 bits per heavy atom. The SMILES string of the molecule is CCCCN1C(=O)N=CN(N(CC)c2ccccc2)C1C. The molecule has 0 aliphatic carbocycles. The van der Waals surface area contributed by atoms with Crippen molar-refractivity contribution in [3.05, 3.63) is 30.3 Å². The van der Waals surface area contributed by atoms with Gasteiger partial charge in [0.2, 0.25) is 0 Å². The van der Waals surface area contributed by atoms with Crippen LogP contribution in [-0.4, -0.2) is 41.5 Å². The molecule has 0 N–H and O–H groups in total. The molecule has 5 heteroatoms. The van der Waals surface area contributed by atoms with Crippen molar-refractivity contribution in [3.8, 4) is 0 Å². The Morgan fingerprint density at radius 2 is 1.95 bits per heavy atom. The Morgan fingerprint density at radius 3 is 2.57 bits per heavy atom. The van der Waals surface area contributed by atoms with E-state index in [2.05, 4.69) is 36.0 Å². The second-order valence-electron chi connectivity index (χ2n) is 5.14. The molecule has 1 aromatic rings. The Labute approximate surface area is 126 Å². The fraction of sp³-hybridized carbons (Fsp3) is 0.500. The number of amides is 2. The molecular weight excluding hydrogens is 264 g/mol. The molecule has 1 aliphatic heterocycles. The lowest BCUT2D eigenvalue weighted by Gasteiger charge is -2.44. The maximum Gasteiger partial charge on any atom is 0.346 e. The van der Waals surface area contributed by atoms with Crippen LogP contribution in [0.5, 0.6) is 0 Å². The average molecular weight is 288 g/mol. The maximum absolute atomic E-state index is 12.0. The van der Waals surface area contributed by atoms with E-state index in [4.69, 9.17) is 0 Å². The molecule has 0 fully saturated rings. The minimum Gasteiger partial charge on any atom is -0.301 e. The zero-order chi connectivity index (χ0) is 15.2. The highest BCUT2D eigenvalue weighted by atomic mass is 16.2. The summed E-state index contributed by atoms with van der Waals surface area (Å²) in [6, 6.07) is 10.0. The fourth-order valence-corrected chi connectivity index (χ4v) is 2.54. The third-order valence-corrected chi connectivity index (χ3v) is 3.75. The van der Waals surface area contributed by atoms with Crippen molar-refractivity contribution in [1.82, 2.24) is 9.91 Å². The third-order valence-electron chi connectivity index (χ3n) is 3.75. The zero-order valence-electron chi connectivity index (χ0n) is 13.1. The van der Waals surface area contributed by atoms with Crippen molar-refractivity contribution in [2.75, 3.05) is 18.1 Å². The highest BCUT2D eigenvalue weighted by Crippen LogP contribution is 2.21. The van der Waals surface area contributed by atoms with Gasteiger partial charge in [-0.1, -0.05) is 31.5 Å². The number of hydrogen-bond donors (Lipinski definition) is 0. The highest BCUT2D eigenvalue weighted by molar-refractivity contribution is 5.86. The van der Waals surface area contributed by atoms with Crippen molar-refractivity contribution >= 4 is 18.1 Å². The molecule has 0 saturated heterocycles. The van der Waals surface area contributed by atoms with Gasteiger partial charge in [-0.2, -0.15) is 4.99 Å². The van der Waals surface area contributed by atoms with E-state index < -0.39 is 0 Å². The first-order valence-electron chi connectivity index (χ1n) is 7.64. The molecule has 1 aliphatic rings. The smallest absolute Gasteiger partial charge is 0.301 e. The van der Waals surface area contributed by atoms with Crippen LogP contribution in [0.25, 0.3) is 0 Å². The van der Waals surface area contributed by atoms with E-state index in [0.717, 1.165) is 31.6 Å². The van der Waals surface area contributed by atoms with Gasteiger partial charge in [0.15, 0.2) is 0 Å². The molecule has 1 aromatic carbocycles. The lowest BCUT2D eigenvalue weighted by atomic mass is 10.3. The largest absolute Gasteiger partial charge is 0.346 e. The summed E-state index contributed by atoms with van der Waals surface area (Å²) in [5.41, 5.74) is 1.10. The van der Waals surface area contributed by atoms with E-state index in [1.807, 2.05) is 35.0 Å². The van der Waals surface area contributed by atoms with E-state index in [1.54, 1.807) is 6.34 Å². The zero-order valence-corrected chi connectivity index (χ0v) is 13.1. The molecular formula is C16H24N4O. The molecule has 0 bridgehead atoms. The second kappa shape index (κ2) is 7.11. The quantitative estimate of drug-likeness (QED) is 0.806. The number of hydrogen-bond acceptors (Lipinski definition) is 3. The predicted molar refractivity (Wildman–Crippen MR) is 86.3 cm³/mol. The number of carbonyl (C=O) groups is 1. The van der Waals surface area contributed by atoms with Gasteiger partial charge in [0, 0.05) is 13.1 Å². The van der Waals surface area contributed by atoms with Crippen molar-refractivity contribution in [3.63, 3.8) is 0 Å². The van der Waals surface area contributed by atoms with E-state index >= 15 is 0 Å². The number of anilines is 1. The lowest BCUT2D eigenvalue weighted by Crippen LogP contribution is -2.58. The van der Waals surface area contributed by atoms with Crippen LogP contribution in [0.2, 0.25) is 0 Å². The molecule has 2 amide bonds. The molecule has 1 atom stereocenters. The van der Waals surface area contributed by atoms with E-state index in [-0.39, 0.29) is 12.2 Å². The normalized spacial score (nSPS) is 18.2. The van der Waals surface area contributed by atoms with Crippen LogP contribution in [0, 0.1) is 0 Å². The van der Waals surface area contributed by atoms with Gasteiger partial charge < -0.3 is 4.90 Å². The summed E-state index contributed by atoms with van der Waals surface area (Å²) < 4.78 is 0. The first-order chi connectivity index (χ1) is 10.2. The Bertz CT molecular complexity index is 488. The van der Waals surface area contributed by atoms with Crippen molar-refractivity contribution < 1.29 is 4.79 Å². The van der Waals surface area contributed by atoms with Crippen LogP contribution < -0.4 is 5.01 Å². The molecule has 5 nitrogen and oxygen atoms in total. The van der Waals surface area contributed by atoms with E-state index in [9.17, 15) is 4.79 Å². The Kier molecular flexibility index (Phi) is 5.20. The molecule has 2 rings (SSSR count). The van der Waals surface area contributed by atoms with Crippen LogP contribution in [0.4, 0.5) is 10.5 Å². The molecule has 21 heavy (non-hydrogen) atoms. The van der Waals surface area contributed by atoms with Crippen molar-refractivity contribution in [2.45, 2.75) is 39.8 Å². The van der Waals surface area contributed by atoms with E-state index in [1.165, 1.54) is 0 Å². The standard InChI is InChI=1S/C16H24N4O/c1-4-6-12-18-14(3)20(13-17-16(18)21)19(5-2)15-10-8-7-9-11-15/h7-11,13-14H,4-6,12H2,1-3H3. The molecule has 0 radical (unpaired) electrons. The number of urea groups is 1. The van der Waals surface area contributed by atoms with Crippen LogP contribution in [0.3, 0.4) is 0 Å². The summed E-state index contributed by atoms with van der Waals surface area (Å²) in [5, 5.41) is 4.17. The van der Waals surface area contributed by atoms with Gasteiger partial charge in [0.25, 0.3) is 0 Å². The number of rotatable bonds is 6. The lowest BCUT2D eigenvalue weighted by molar-refractivity contribution is 0.114. The Hall–Kier alpha value is -2.04. The van der Waals surface area contributed by atoms with Crippen LogP contribution in [-0.2, 0) is 0 Å². The maximum atomic E-state index is 12.0. The topological polar surface area (TPSA) is 39.2 Å². The van der Waals surface area contributed by atoms with Gasteiger partial charge in [-0.3, -0.25) is 10.0 Å². The number of nitrogens with zero attached hydrogens (tertiary/aromatic N) is 4. The molecule has 0 aromatic heterocycles. The van der Waals surface area contributed by atoms with Crippen molar-refractivity contribution in [2.24, 2.45) is 4.99 Å². The number of para-hydroxylation sites is 1. The van der Waals surface area contributed by atoms with Gasteiger partial charge in [-0.15, -0.1) is 0 Å². The molecule has 1 heterocycles. The minimum atomic E-state index is -0.142. The monoisotopic (exact) mass is 288 g/mol. The minimum absolute atomic E-state index is 0.0262. The van der Waals surface area contributed by atoms with Crippen LogP contribution >= 0.6 is 0 Å². The van der Waals surface area contributed by atoms with Crippen LogP contribution in [0.1, 0.15) is 33.6 Å². The second-order valence-corrected chi connectivity index (χ2v) is 5.14. The number of benzene rings is 1. The first-order valence-corrected chi connectivity index (χ1v) is 7.64. The number of carbonyl (C=O) groups excluding carboxylic acids is 1. The average Bonchev–Trinajstić information content (AvgIpc) is 2.51. The fourth-order valence-electron chi connectivity index (χ4n) is 2.54. The summed E-state index contributed by atoms with van der Waals surface area (Å²) in [5.74, 6) is 0. The van der Waals surface area contributed by atoms with E-state index in [0.29, 0.717) is 0 Å². The summed E-state index contributed by atoms with van der Waals surface area (Å²) in [7, 11) is 0. The molecule has 0 spiro atoms. The summed E-state index contributed by atoms with van der Waals surface area (Å²) in [4.78, 5) is 17.9. The van der Waals surface area contributed by atoms with Gasteiger partial charge in [0.05, 0.1) is 5.69 Å². The van der Waals surface area contributed by atoms with Gasteiger partial charge >= 0.3 is 6.03 Å². The van der Waals surface area contributed by atoms with Gasteiger partial charge in [-0.05, 0) is 32.4 Å². The first kappa shape index (κ1) is 15.4. The summed E-state index contributed by atoms with van der Waals surface area (Å²) >= 11 is 0. The molecule has 1 unspecified atom stereocenters. The van der Waals surface area contributed by atoms with Crippen LogP contribution in [0.15, 0.2) is 35.3 Å². The Balaban J connectivity index is 2.21. The third kappa shape index (κ3) is 3.35. The number of unbranched alkanes of at least 4 members (excludes halogenated alkanes) is 1. The predicted octanol–water partition coefficient (Wildman–Crippen LogP) is 3.34. The molecule has 0 saturated carbocycles. The highest BCUT2D eigenvalue weighted by Gasteiger charge is 2.30.